The van der Waals surface area contributed by atoms with Gasteiger partial charge in [-0.1, -0.05) is 45.2 Å². The molecule has 0 bridgehead atoms. The van der Waals surface area contributed by atoms with Gasteiger partial charge in [0, 0.05) is 34.0 Å². The molecule has 34 heavy (non-hydrogen) atoms. The lowest BCUT2D eigenvalue weighted by molar-refractivity contribution is 0.0579. The van der Waals surface area contributed by atoms with Crippen LogP contribution in [0.3, 0.4) is 0 Å². The molecule has 3 aromatic carbocycles. The number of benzene rings is 3. The zero-order valence-corrected chi connectivity index (χ0v) is 19.8. The first-order valence-corrected chi connectivity index (χ1v) is 11.7. The van der Waals surface area contributed by atoms with Crippen LogP contribution < -0.4 is 4.74 Å². The van der Waals surface area contributed by atoms with Crippen LogP contribution in [0.25, 0.3) is 10.8 Å². The van der Waals surface area contributed by atoms with Crippen molar-refractivity contribution in [3.63, 3.8) is 0 Å². The number of aromatic hydroxyl groups is 1. The van der Waals surface area contributed by atoms with Crippen LogP contribution in [-0.4, -0.2) is 41.3 Å². The first kappa shape index (κ1) is 23.5. The molecule has 1 N–H and O–H groups in total. The number of hydrogen-bond donors (Lipinski definition) is 1. The van der Waals surface area contributed by atoms with Gasteiger partial charge in [-0.15, -0.1) is 0 Å². The molecule has 0 spiro atoms. The number of hydrogen-bond acceptors (Lipinski definition) is 5. The van der Waals surface area contributed by atoms with Gasteiger partial charge in [-0.05, 0) is 48.7 Å². The van der Waals surface area contributed by atoms with Crippen LogP contribution in [0.15, 0.2) is 48.5 Å². The summed E-state index contributed by atoms with van der Waals surface area (Å²) in [6.45, 7) is 4.58. The summed E-state index contributed by atoms with van der Waals surface area (Å²) in [7, 11) is 1.48. The molecule has 0 aromatic heterocycles. The van der Waals surface area contributed by atoms with Crippen molar-refractivity contribution < 1.29 is 24.2 Å². The lowest BCUT2D eigenvalue weighted by Crippen LogP contribution is -2.43. The molecule has 2 amide bonds. The predicted octanol–water partition coefficient (Wildman–Crippen LogP) is 5.60. The van der Waals surface area contributed by atoms with E-state index in [0.29, 0.717) is 34.2 Å². The number of methoxy groups -OCH3 is 1. The number of carbonyl (C=O) groups excluding carboxylic acids is 3. The van der Waals surface area contributed by atoms with Gasteiger partial charge in [-0.2, -0.15) is 0 Å². The highest BCUT2D eigenvalue weighted by Gasteiger charge is 2.36. The van der Waals surface area contributed by atoms with E-state index in [1.807, 2.05) is 0 Å². The Bertz CT molecular complexity index is 1260. The van der Waals surface area contributed by atoms with Gasteiger partial charge in [0.15, 0.2) is 5.78 Å². The Labute approximate surface area is 199 Å². The number of rotatable bonds is 9. The summed E-state index contributed by atoms with van der Waals surface area (Å²) in [5, 5.41) is 11.1. The van der Waals surface area contributed by atoms with Gasteiger partial charge in [0.25, 0.3) is 11.8 Å². The molecule has 4 rings (SSSR count). The number of unbranched alkanes of at least 4 members (excludes halogenated alkanes) is 1. The fraction of sp³-hybridized carbons (Fsp3) is 0.321. The van der Waals surface area contributed by atoms with E-state index < -0.39 is 5.78 Å². The summed E-state index contributed by atoms with van der Waals surface area (Å²) in [6.07, 6.45) is 3.96. The average molecular weight is 460 g/mol. The Morgan fingerprint density at radius 2 is 1.62 bits per heavy atom. The number of carbonyl (C=O) groups is 3. The Balaban J connectivity index is 1.86. The zero-order valence-electron chi connectivity index (χ0n) is 19.8. The Morgan fingerprint density at radius 1 is 0.941 bits per heavy atom. The topological polar surface area (TPSA) is 83.9 Å². The maximum atomic E-state index is 13.5. The summed E-state index contributed by atoms with van der Waals surface area (Å²) in [5.74, 6) is -0.622. The minimum absolute atomic E-state index is 0.136. The lowest BCUT2D eigenvalue weighted by atomic mass is 9.87. The zero-order chi connectivity index (χ0) is 24.4. The summed E-state index contributed by atoms with van der Waals surface area (Å²) >= 11 is 0. The monoisotopic (exact) mass is 459 g/mol. The van der Waals surface area contributed by atoms with Gasteiger partial charge in [0.2, 0.25) is 0 Å². The molecule has 3 aromatic rings. The fourth-order valence-corrected chi connectivity index (χ4v) is 4.71. The van der Waals surface area contributed by atoms with Gasteiger partial charge in [-0.3, -0.25) is 19.3 Å². The van der Waals surface area contributed by atoms with E-state index in [1.165, 1.54) is 18.1 Å². The van der Waals surface area contributed by atoms with Crippen molar-refractivity contribution in [1.29, 1.82) is 0 Å². The van der Waals surface area contributed by atoms with Crippen LogP contribution >= 0.6 is 0 Å². The third-order valence-electron chi connectivity index (χ3n) is 6.67. The van der Waals surface area contributed by atoms with Crippen LogP contribution in [0.4, 0.5) is 0 Å². The number of phenolic OH excluding ortho intramolecular Hbond substituents is 1. The van der Waals surface area contributed by atoms with Crippen molar-refractivity contribution in [2.75, 3.05) is 13.7 Å². The minimum atomic E-state index is -0.409. The SMILES string of the molecule is CCCCC(CC)CN1C(=O)c2ccc(OC)c3c(C(=O)c4ccccc4O)ccc(c23)C1=O. The number of imide groups is 1. The second kappa shape index (κ2) is 9.67. The van der Waals surface area contributed by atoms with E-state index in [2.05, 4.69) is 13.8 Å². The second-order valence-corrected chi connectivity index (χ2v) is 8.71. The Kier molecular flexibility index (Phi) is 6.68. The highest BCUT2D eigenvalue weighted by molar-refractivity contribution is 6.29. The molecule has 0 fully saturated rings. The average Bonchev–Trinajstić information content (AvgIpc) is 2.86. The van der Waals surface area contributed by atoms with Crippen molar-refractivity contribution >= 4 is 28.4 Å². The van der Waals surface area contributed by atoms with Crippen molar-refractivity contribution in [1.82, 2.24) is 4.90 Å². The van der Waals surface area contributed by atoms with Crippen LogP contribution in [0.5, 0.6) is 11.5 Å². The van der Waals surface area contributed by atoms with Crippen LogP contribution in [0.1, 0.15) is 76.2 Å². The molecule has 0 saturated carbocycles. The Morgan fingerprint density at radius 3 is 2.24 bits per heavy atom. The number of nitrogens with zero attached hydrogens (tertiary/aromatic N) is 1. The standard InChI is InChI=1S/C28H29NO5/c1-4-6-9-17(5-2)16-29-27(32)20-13-12-19(26(31)18-10-7-8-11-22(18)30)25-23(34-3)15-14-21(24(20)25)28(29)33/h7-8,10-15,17,30H,4-6,9,16H2,1-3H3. The molecule has 1 atom stereocenters. The molecule has 0 saturated heterocycles. The summed E-state index contributed by atoms with van der Waals surface area (Å²) in [5.41, 5.74) is 1.16. The fourth-order valence-electron chi connectivity index (χ4n) is 4.71. The first-order valence-electron chi connectivity index (χ1n) is 11.7. The van der Waals surface area contributed by atoms with Crippen molar-refractivity contribution in [2.45, 2.75) is 39.5 Å². The van der Waals surface area contributed by atoms with E-state index in [0.717, 1.165) is 25.7 Å². The molecule has 1 unspecified atom stereocenters. The molecular formula is C28H29NO5. The molecule has 0 radical (unpaired) electrons. The molecule has 176 valence electrons. The first-order chi connectivity index (χ1) is 16.4. The van der Waals surface area contributed by atoms with Crippen molar-refractivity contribution in [3.05, 3.63) is 70.8 Å². The number of para-hydroxylation sites is 1. The van der Waals surface area contributed by atoms with Crippen LogP contribution in [-0.2, 0) is 0 Å². The number of ether oxygens (including phenoxy) is 1. The third kappa shape index (κ3) is 3.94. The third-order valence-corrected chi connectivity index (χ3v) is 6.67. The summed E-state index contributed by atoms with van der Waals surface area (Å²) in [4.78, 5) is 41.7. The van der Waals surface area contributed by atoms with Crippen molar-refractivity contribution in [3.8, 4) is 11.5 Å². The minimum Gasteiger partial charge on any atom is -0.507 e. The predicted molar refractivity (Wildman–Crippen MR) is 131 cm³/mol. The normalized spacial score (nSPS) is 13.9. The molecule has 0 aliphatic carbocycles. The van der Waals surface area contributed by atoms with E-state index in [9.17, 15) is 19.5 Å². The molecule has 1 aliphatic heterocycles. The quantitative estimate of drug-likeness (QED) is 0.333. The molecular weight excluding hydrogens is 430 g/mol. The van der Waals surface area contributed by atoms with E-state index in [-0.39, 0.29) is 34.6 Å². The molecule has 1 aliphatic rings. The van der Waals surface area contributed by atoms with Gasteiger partial charge >= 0.3 is 0 Å². The maximum Gasteiger partial charge on any atom is 0.261 e. The van der Waals surface area contributed by atoms with Gasteiger partial charge in [0.1, 0.15) is 11.5 Å². The summed E-state index contributed by atoms with van der Waals surface area (Å²) < 4.78 is 5.54. The largest absolute Gasteiger partial charge is 0.507 e. The molecule has 1 heterocycles. The smallest absolute Gasteiger partial charge is 0.261 e. The summed E-state index contributed by atoms with van der Waals surface area (Å²) in [6, 6.07) is 12.8. The van der Waals surface area contributed by atoms with Crippen LogP contribution in [0, 0.1) is 5.92 Å². The lowest BCUT2D eigenvalue weighted by Gasteiger charge is -2.31. The number of phenols is 1. The van der Waals surface area contributed by atoms with E-state index in [1.54, 1.807) is 42.5 Å². The van der Waals surface area contributed by atoms with Crippen molar-refractivity contribution in [2.24, 2.45) is 5.92 Å². The van der Waals surface area contributed by atoms with E-state index >= 15 is 0 Å². The van der Waals surface area contributed by atoms with E-state index in [4.69, 9.17) is 4.74 Å². The van der Waals surface area contributed by atoms with Gasteiger partial charge < -0.3 is 9.84 Å². The van der Waals surface area contributed by atoms with Gasteiger partial charge in [0.05, 0.1) is 12.7 Å². The van der Waals surface area contributed by atoms with Crippen LogP contribution in [0.2, 0.25) is 0 Å². The number of amides is 2. The highest BCUT2D eigenvalue weighted by Crippen LogP contribution is 2.39. The number of ketones is 1. The molecule has 6 heteroatoms. The highest BCUT2D eigenvalue weighted by atomic mass is 16.5. The molecule has 6 nitrogen and oxygen atoms in total. The van der Waals surface area contributed by atoms with Gasteiger partial charge in [-0.25, -0.2) is 0 Å². The maximum absolute atomic E-state index is 13.5. The second-order valence-electron chi connectivity index (χ2n) is 8.71. The Hall–Kier alpha value is -3.67.